The van der Waals surface area contributed by atoms with Crippen molar-refractivity contribution in [1.29, 1.82) is 0 Å². The highest BCUT2D eigenvalue weighted by Gasteiger charge is 2.18. The lowest BCUT2D eigenvalue weighted by Crippen LogP contribution is -2.46. The lowest BCUT2D eigenvalue weighted by atomic mass is 10.1. The topological polar surface area (TPSA) is 39.7 Å². The van der Waals surface area contributed by atoms with Gasteiger partial charge in [0.05, 0.1) is 0 Å². The number of hydrogen-bond acceptors (Lipinski definition) is 2. The molecule has 0 aromatic carbocycles. The van der Waals surface area contributed by atoms with E-state index in [1.165, 1.54) is 25.7 Å². The Morgan fingerprint density at radius 2 is 1.89 bits per heavy atom. The smallest absolute Gasteiger partial charge is 0.191 e. The minimum Gasteiger partial charge on any atom is -0.355 e. The molecular formula is C15H32N4. The van der Waals surface area contributed by atoms with Gasteiger partial charge >= 0.3 is 0 Å². The second-order valence-electron chi connectivity index (χ2n) is 6.09. The molecule has 4 nitrogen and oxygen atoms in total. The summed E-state index contributed by atoms with van der Waals surface area (Å²) in [4.78, 5) is 6.77. The van der Waals surface area contributed by atoms with Crippen LogP contribution < -0.4 is 10.6 Å². The molecule has 19 heavy (non-hydrogen) atoms. The fraction of sp³-hybridized carbons (Fsp3) is 0.933. The molecule has 0 amide bonds. The second kappa shape index (κ2) is 8.41. The summed E-state index contributed by atoms with van der Waals surface area (Å²) in [7, 11) is 4.08. The van der Waals surface area contributed by atoms with Crippen LogP contribution in [0.4, 0.5) is 0 Å². The fourth-order valence-electron chi connectivity index (χ4n) is 2.46. The number of guanidine groups is 1. The van der Waals surface area contributed by atoms with Gasteiger partial charge in [-0.3, -0.25) is 4.99 Å². The Balaban J connectivity index is 2.22. The van der Waals surface area contributed by atoms with Gasteiger partial charge in [-0.05, 0) is 32.7 Å². The zero-order valence-electron chi connectivity index (χ0n) is 13.4. The van der Waals surface area contributed by atoms with E-state index in [-0.39, 0.29) is 0 Å². The van der Waals surface area contributed by atoms with Crippen LogP contribution in [-0.4, -0.2) is 50.1 Å². The van der Waals surface area contributed by atoms with Gasteiger partial charge in [0.2, 0.25) is 0 Å². The summed E-state index contributed by atoms with van der Waals surface area (Å²) in [6.07, 6.45) is 5.54. The van der Waals surface area contributed by atoms with Crippen LogP contribution in [0.5, 0.6) is 0 Å². The van der Waals surface area contributed by atoms with E-state index in [4.69, 9.17) is 0 Å². The number of nitrogens with zero attached hydrogens (tertiary/aromatic N) is 2. The number of aliphatic imine (C=N–C) groups is 1. The lowest BCUT2D eigenvalue weighted by Gasteiger charge is -2.25. The Morgan fingerprint density at radius 3 is 2.42 bits per heavy atom. The van der Waals surface area contributed by atoms with Crippen molar-refractivity contribution in [3.8, 4) is 0 Å². The van der Waals surface area contributed by atoms with Crippen LogP contribution in [0.3, 0.4) is 0 Å². The molecule has 0 radical (unpaired) electrons. The van der Waals surface area contributed by atoms with Crippen molar-refractivity contribution in [3.05, 3.63) is 0 Å². The summed E-state index contributed by atoms with van der Waals surface area (Å²) in [6, 6.07) is 1.24. The molecule has 1 rings (SSSR count). The summed E-state index contributed by atoms with van der Waals surface area (Å²) in [5.74, 6) is 1.53. The number of nitrogens with one attached hydrogen (secondary N) is 2. The van der Waals surface area contributed by atoms with Crippen LogP contribution in [0.1, 0.15) is 46.5 Å². The Bertz CT molecular complexity index is 269. The summed E-state index contributed by atoms with van der Waals surface area (Å²) >= 11 is 0. The van der Waals surface area contributed by atoms with Gasteiger partial charge < -0.3 is 15.5 Å². The highest BCUT2D eigenvalue weighted by Crippen LogP contribution is 2.21. The first-order valence-electron chi connectivity index (χ1n) is 7.72. The van der Waals surface area contributed by atoms with Gasteiger partial charge in [0.25, 0.3) is 0 Å². The predicted molar refractivity (Wildman–Crippen MR) is 83.7 cm³/mol. The normalized spacial score (nSPS) is 19.2. The first-order chi connectivity index (χ1) is 9.04. The molecule has 4 heteroatoms. The molecule has 1 aliphatic rings. The molecule has 0 aliphatic heterocycles. The van der Waals surface area contributed by atoms with Crippen molar-refractivity contribution >= 4 is 5.96 Å². The maximum absolute atomic E-state index is 4.28. The first kappa shape index (κ1) is 16.3. The standard InChI is InChI=1S/C15H32N4/c1-12(2)13(3)18-15(16-4)17-10-11-19(5)14-8-6-7-9-14/h12-14H,6-11H2,1-5H3,(H2,16,17,18). The number of rotatable bonds is 6. The molecule has 0 spiro atoms. The second-order valence-corrected chi connectivity index (χ2v) is 6.09. The zero-order valence-corrected chi connectivity index (χ0v) is 13.4. The van der Waals surface area contributed by atoms with Gasteiger partial charge in [0, 0.05) is 32.2 Å². The largest absolute Gasteiger partial charge is 0.355 e. The first-order valence-corrected chi connectivity index (χ1v) is 7.72. The van der Waals surface area contributed by atoms with Crippen LogP contribution in [0.2, 0.25) is 0 Å². The van der Waals surface area contributed by atoms with E-state index in [9.17, 15) is 0 Å². The Hall–Kier alpha value is -0.770. The quantitative estimate of drug-likeness (QED) is 0.572. The van der Waals surface area contributed by atoms with Gasteiger partial charge in [0.1, 0.15) is 0 Å². The van der Waals surface area contributed by atoms with Crippen molar-refractivity contribution < 1.29 is 0 Å². The molecule has 0 aromatic heterocycles. The van der Waals surface area contributed by atoms with Crippen LogP contribution >= 0.6 is 0 Å². The Morgan fingerprint density at radius 1 is 1.26 bits per heavy atom. The highest BCUT2D eigenvalue weighted by atomic mass is 15.2. The molecule has 0 bridgehead atoms. The predicted octanol–water partition coefficient (Wildman–Crippen LogP) is 2.07. The van der Waals surface area contributed by atoms with Crippen LogP contribution in [0.25, 0.3) is 0 Å². The third-order valence-electron chi connectivity index (χ3n) is 4.29. The molecular weight excluding hydrogens is 236 g/mol. The SMILES string of the molecule is CN=C(NCCN(C)C1CCCC1)NC(C)C(C)C. The summed E-state index contributed by atoms with van der Waals surface area (Å²) in [5.41, 5.74) is 0. The molecule has 0 aromatic rings. The molecule has 0 saturated heterocycles. The van der Waals surface area contributed by atoms with Gasteiger partial charge in [-0.2, -0.15) is 0 Å². The van der Waals surface area contributed by atoms with Crippen molar-refractivity contribution in [2.45, 2.75) is 58.5 Å². The molecule has 1 fully saturated rings. The summed E-state index contributed by atoms with van der Waals surface area (Å²) in [6.45, 7) is 8.68. The monoisotopic (exact) mass is 268 g/mol. The summed E-state index contributed by atoms with van der Waals surface area (Å²) < 4.78 is 0. The molecule has 1 saturated carbocycles. The molecule has 1 aliphatic carbocycles. The van der Waals surface area contributed by atoms with Crippen molar-refractivity contribution in [2.24, 2.45) is 10.9 Å². The van der Waals surface area contributed by atoms with Gasteiger partial charge in [-0.15, -0.1) is 0 Å². The van der Waals surface area contributed by atoms with Gasteiger partial charge in [-0.25, -0.2) is 0 Å². The van der Waals surface area contributed by atoms with Crippen LogP contribution in [-0.2, 0) is 0 Å². The van der Waals surface area contributed by atoms with E-state index in [1.54, 1.807) is 0 Å². The molecule has 1 atom stereocenters. The third kappa shape index (κ3) is 5.81. The van der Waals surface area contributed by atoms with Crippen molar-refractivity contribution in [2.75, 3.05) is 27.2 Å². The fourth-order valence-corrected chi connectivity index (χ4v) is 2.46. The van der Waals surface area contributed by atoms with Crippen LogP contribution in [0.15, 0.2) is 4.99 Å². The van der Waals surface area contributed by atoms with Crippen molar-refractivity contribution in [3.63, 3.8) is 0 Å². The van der Waals surface area contributed by atoms with E-state index in [1.807, 2.05) is 7.05 Å². The zero-order chi connectivity index (χ0) is 14.3. The molecule has 0 heterocycles. The average Bonchev–Trinajstić information content (AvgIpc) is 2.90. The molecule has 2 N–H and O–H groups in total. The van der Waals surface area contributed by atoms with Gasteiger partial charge in [0.15, 0.2) is 5.96 Å². The van der Waals surface area contributed by atoms with E-state index >= 15 is 0 Å². The third-order valence-corrected chi connectivity index (χ3v) is 4.29. The summed E-state index contributed by atoms with van der Waals surface area (Å²) in [5, 5.41) is 6.84. The van der Waals surface area contributed by atoms with E-state index in [2.05, 4.69) is 48.3 Å². The minimum atomic E-state index is 0.443. The lowest BCUT2D eigenvalue weighted by molar-refractivity contribution is 0.249. The maximum Gasteiger partial charge on any atom is 0.191 e. The van der Waals surface area contributed by atoms with Crippen LogP contribution in [0, 0.1) is 5.92 Å². The van der Waals surface area contributed by atoms with Crippen molar-refractivity contribution in [1.82, 2.24) is 15.5 Å². The van der Waals surface area contributed by atoms with E-state index < -0.39 is 0 Å². The maximum atomic E-state index is 4.28. The molecule has 112 valence electrons. The van der Waals surface area contributed by atoms with E-state index in [0.29, 0.717) is 12.0 Å². The van der Waals surface area contributed by atoms with Gasteiger partial charge in [-0.1, -0.05) is 26.7 Å². The van der Waals surface area contributed by atoms with E-state index in [0.717, 1.165) is 25.1 Å². The number of likely N-dealkylation sites (N-methyl/N-ethyl adjacent to an activating group) is 1. The Labute approximate surface area is 119 Å². The average molecular weight is 268 g/mol. The minimum absolute atomic E-state index is 0.443. The Kier molecular flexibility index (Phi) is 7.21. The highest BCUT2D eigenvalue weighted by molar-refractivity contribution is 5.79. The number of hydrogen-bond donors (Lipinski definition) is 2. The molecule has 1 unspecified atom stereocenters.